The molecule has 0 heterocycles. The van der Waals surface area contributed by atoms with E-state index in [-0.39, 0.29) is 12.6 Å². The van der Waals surface area contributed by atoms with Gasteiger partial charge in [-0.05, 0) is 13.3 Å². The minimum atomic E-state index is -1.30. The molecule has 6 N–H and O–H groups in total. The molecule has 0 bridgehead atoms. The molecule has 0 spiro atoms. The van der Waals surface area contributed by atoms with Crippen molar-refractivity contribution in [2.45, 2.75) is 39.3 Å². The molecule has 0 aromatic rings. The van der Waals surface area contributed by atoms with Crippen molar-refractivity contribution in [3.8, 4) is 0 Å². The highest BCUT2D eigenvalue weighted by Crippen LogP contribution is 2.05. The second kappa shape index (κ2) is 8.77. The van der Waals surface area contributed by atoms with Gasteiger partial charge in [-0.1, -0.05) is 6.92 Å². The SMILES string of the molecule is CC(=O)N[C@@H](CNC(=O)O)C(=O)N[C@@H](C)C[C@H](C)C(N)=O. The fourth-order valence-electron chi connectivity index (χ4n) is 1.69. The molecular weight excluding hydrogens is 280 g/mol. The Morgan fingerprint density at radius 1 is 1.14 bits per heavy atom. The van der Waals surface area contributed by atoms with Crippen molar-refractivity contribution in [2.75, 3.05) is 6.54 Å². The van der Waals surface area contributed by atoms with Crippen LogP contribution in [0.3, 0.4) is 0 Å². The Bertz CT molecular complexity index is 412. The zero-order valence-electron chi connectivity index (χ0n) is 12.3. The van der Waals surface area contributed by atoms with Crippen molar-refractivity contribution in [1.82, 2.24) is 16.0 Å². The zero-order valence-corrected chi connectivity index (χ0v) is 12.3. The summed E-state index contributed by atoms with van der Waals surface area (Å²) in [6, 6.07) is -1.37. The summed E-state index contributed by atoms with van der Waals surface area (Å²) in [4.78, 5) is 44.4. The molecule has 9 heteroatoms. The Kier molecular flexibility index (Phi) is 7.80. The second-order valence-corrected chi connectivity index (χ2v) is 4.89. The van der Waals surface area contributed by atoms with Gasteiger partial charge >= 0.3 is 6.09 Å². The third-order valence-electron chi connectivity index (χ3n) is 2.73. The minimum Gasteiger partial charge on any atom is -0.465 e. The Labute approximate surface area is 122 Å². The van der Waals surface area contributed by atoms with Crippen molar-refractivity contribution < 1.29 is 24.3 Å². The molecule has 3 atom stereocenters. The van der Waals surface area contributed by atoms with Gasteiger partial charge in [0.05, 0.1) is 6.54 Å². The molecule has 0 rings (SSSR count). The highest BCUT2D eigenvalue weighted by atomic mass is 16.4. The predicted octanol–water partition coefficient (Wildman–Crippen LogP) is -1.23. The fraction of sp³-hybridized carbons (Fsp3) is 0.667. The predicted molar refractivity (Wildman–Crippen MR) is 74.2 cm³/mol. The van der Waals surface area contributed by atoms with Crippen LogP contribution in [0.15, 0.2) is 0 Å². The summed E-state index contributed by atoms with van der Waals surface area (Å²) in [7, 11) is 0. The maximum Gasteiger partial charge on any atom is 0.404 e. The van der Waals surface area contributed by atoms with Crippen molar-refractivity contribution >= 4 is 23.8 Å². The molecule has 0 unspecified atom stereocenters. The lowest BCUT2D eigenvalue weighted by Gasteiger charge is -2.22. The number of carbonyl (C=O) groups excluding carboxylic acids is 3. The Morgan fingerprint density at radius 3 is 2.14 bits per heavy atom. The lowest BCUT2D eigenvalue weighted by atomic mass is 10.0. The molecule has 21 heavy (non-hydrogen) atoms. The maximum atomic E-state index is 12.0. The van der Waals surface area contributed by atoms with Gasteiger partial charge in [0.2, 0.25) is 17.7 Å². The number of primary amides is 1. The third-order valence-corrected chi connectivity index (χ3v) is 2.73. The summed E-state index contributed by atoms with van der Waals surface area (Å²) in [5.74, 6) is -1.87. The van der Waals surface area contributed by atoms with E-state index in [9.17, 15) is 19.2 Å². The van der Waals surface area contributed by atoms with E-state index in [1.165, 1.54) is 6.92 Å². The van der Waals surface area contributed by atoms with Crippen LogP contribution in [0.25, 0.3) is 0 Å². The van der Waals surface area contributed by atoms with E-state index in [0.29, 0.717) is 6.42 Å². The summed E-state index contributed by atoms with van der Waals surface area (Å²) in [5, 5.41) is 15.5. The van der Waals surface area contributed by atoms with Crippen LogP contribution in [0.5, 0.6) is 0 Å². The summed E-state index contributed by atoms with van der Waals surface area (Å²) in [5.41, 5.74) is 5.14. The van der Waals surface area contributed by atoms with Gasteiger partial charge in [0.1, 0.15) is 6.04 Å². The van der Waals surface area contributed by atoms with E-state index in [1.807, 2.05) is 5.32 Å². The third kappa shape index (κ3) is 8.45. The number of amides is 4. The molecule has 0 aliphatic carbocycles. The van der Waals surface area contributed by atoms with Crippen molar-refractivity contribution in [2.24, 2.45) is 11.7 Å². The summed E-state index contributed by atoms with van der Waals surface area (Å²) < 4.78 is 0. The van der Waals surface area contributed by atoms with Crippen LogP contribution >= 0.6 is 0 Å². The Morgan fingerprint density at radius 2 is 1.71 bits per heavy atom. The van der Waals surface area contributed by atoms with Crippen molar-refractivity contribution in [1.29, 1.82) is 0 Å². The van der Waals surface area contributed by atoms with Gasteiger partial charge in [-0.2, -0.15) is 0 Å². The highest BCUT2D eigenvalue weighted by Gasteiger charge is 2.23. The van der Waals surface area contributed by atoms with Crippen molar-refractivity contribution in [3.63, 3.8) is 0 Å². The first-order valence-electron chi connectivity index (χ1n) is 6.47. The number of nitrogens with one attached hydrogen (secondary N) is 3. The molecule has 0 aromatic carbocycles. The lowest BCUT2D eigenvalue weighted by Crippen LogP contribution is -2.53. The molecule has 9 nitrogen and oxygen atoms in total. The quantitative estimate of drug-likeness (QED) is 0.380. The number of carbonyl (C=O) groups is 4. The molecular formula is C12H22N4O5. The highest BCUT2D eigenvalue weighted by molar-refractivity contribution is 5.87. The summed E-state index contributed by atoms with van der Waals surface area (Å²) in [6.07, 6.45) is -0.950. The van der Waals surface area contributed by atoms with Crippen LogP contribution < -0.4 is 21.7 Å². The van der Waals surface area contributed by atoms with Gasteiger partial charge < -0.3 is 26.8 Å². The van der Waals surface area contributed by atoms with Gasteiger partial charge in [0.25, 0.3) is 0 Å². The van der Waals surface area contributed by atoms with Crippen LogP contribution in [0, 0.1) is 5.92 Å². The van der Waals surface area contributed by atoms with E-state index < -0.39 is 35.8 Å². The van der Waals surface area contributed by atoms with E-state index in [0.717, 1.165) is 0 Å². The van der Waals surface area contributed by atoms with Gasteiger partial charge in [-0.25, -0.2) is 4.79 Å². The van der Waals surface area contributed by atoms with Gasteiger partial charge in [0.15, 0.2) is 0 Å². The van der Waals surface area contributed by atoms with E-state index >= 15 is 0 Å². The number of hydrogen-bond donors (Lipinski definition) is 5. The average Bonchev–Trinajstić information content (AvgIpc) is 2.33. The average molecular weight is 302 g/mol. The topological polar surface area (TPSA) is 151 Å². The molecule has 0 fully saturated rings. The molecule has 0 aliphatic heterocycles. The number of hydrogen-bond acceptors (Lipinski definition) is 4. The van der Waals surface area contributed by atoms with Crippen LogP contribution in [0.2, 0.25) is 0 Å². The first kappa shape index (κ1) is 18.7. The smallest absolute Gasteiger partial charge is 0.404 e. The summed E-state index contributed by atoms with van der Waals surface area (Å²) >= 11 is 0. The monoisotopic (exact) mass is 302 g/mol. The largest absolute Gasteiger partial charge is 0.465 e. The van der Waals surface area contributed by atoms with Gasteiger partial charge in [-0.15, -0.1) is 0 Å². The normalized spacial score (nSPS) is 14.4. The molecule has 0 aliphatic rings. The lowest BCUT2D eigenvalue weighted by molar-refractivity contribution is -0.128. The van der Waals surface area contributed by atoms with Crippen LogP contribution in [-0.2, 0) is 14.4 Å². The van der Waals surface area contributed by atoms with Crippen LogP contribution in [0.4, 0.5) is 4.79 Å². The van der Waals surface area contributed by atoms with E-state index in [4.69, 9.17) is 10.8 Å². The van der Waals surface area contributed by atoms with E-state index in [2.05, 4.69) is 10.6 Å². The number of rotatable bonds is 8. The molecule has 0 radical (unpaired) electrons. The van der Waals surface area contributed by atoms with Gasteiger partial charge in [0, 0.05) is 18.9 Å². The number of carboxylic acid groups (broad SMARTS) is 1. The number of nitrogens with two attached hydrogens (primary N) is 1. The van der Waals surface area contributed by atoms with Gasteiger partial charge in [-0.3, -0.25) is 14.4 Å². The molecule has 0 saturated carbocycles. The first-order chi connectivity index (χ1) is 9.63. The molecule has 0 saturated heterocycles. The summed E-state index contributed by atoms with van der Waals surface area (Å²) in [6.45, 7) is 4.30. The van der Waals surface area contributed by atoms with Crippen LogP contribution in [-0.4, -0.2) is 47.5 Å². The first-order valence-corrected chi connectivity index (χ1v) is 6.47. The van der Waals surface area contributed by atoms with E-state index in [1.54, 1.807) is 13.8 Å². The maximum absolute atomic E-state index is 12.0. The fourth-order valence-corrected chi connectivity index (χ4v) is 1.69. The molecule has 0 aromatic heterocycles. The molecule has 4 amide bonds. The zero-order chi connectivity index (χ0) is 16.6. The Hall–Kier alpha value is -2.32. The second-order valence-electron chi connectivity index (χ2n) is 4.89. The standard InChI is InChI=1S/C12H22N4O5/c1-6(10(13)18)4-7(2)15-11(19)9(16-8(3)17)5-14-12(20)21/h6-7,9,14H,4-5H2,1-3H3,(H2,13,18)(H,15,19)(H,16,17)(H,20,21)/t6-,7-,9-/m0/s1. The van der Waals surface area contributed by atoms with Crippen LogP contribution in [0.1, 0.15) is 27.2 Å². The Balaban J connectivity index is 4.53. The minimum absolute atomic E-state index is 0.251. The van der Waals surface area contributed by atoms with Crippen molar-refractivity contribution in [3.05, 3.63) is 0 Å². The molecule has 120 valence electrons.